The van der Waals surface area contributed by atoms with Gasteiger partial charge >= 0.3 is 0 Å². The monoisotopic (exact) mass is 435 g/mol. The van der Waals surface area contributed by atoms with E-state index in [4.69, 9.17) is 9.84 Å². The summed E-state index contributed by atoms with van der Waals surface area (Å²) < 4.78 is 8.88. The number of ether oxygens (including phenoxy) is 1. The Labute approximate surface area is 184 Å². The third kappa shape index (κ3) is 3.28. The molecular weight excluding hydrogens is 410 g/mol. The molecule has 32 heavy (non-hydrogen) atoms. The quantitative estimate of drug-likeness (QED) is 0.438. The Morgan fingerprint density at radius 1 is 1.28 bits per heavy atom. The van der Waals surface area contributed by atoms with Gasteiger partial charge in [-0.25, -0.2) is 14.5 Å². The minimum atomic E-state index is -0.732. The van der Waals surface area contributed by atoms with E-state index >= 15 is 0 Å². The molecule has 2 atom stereocenters. The normalized spacial score (nSPS) is 18.7. The van der Waals surface area contributed by atoms with Gasteiger partial charge in [0.05, 0.1) is 42.9 Å². The number of aliphatic hydroxyl groups is 1. The molecule has 0 aromatic carbocycles. The Morgan fingerprint density at radius 2 is 2.12 bits per heavy atom. The van der Waals surface area contributed by atoms with E-state index in [1.807, 2.05) is 24.4 Å². The molecular formula is C22H25N7O3. The van der Waals surface area contributed by atoms with Crippen molar-refractivity contribution in [2.75, 3.05) is 25.6 Å². The van der Waals surface area contributed by atoms with Crippen LogP contribution in [0.3, 0.4) is 0 Å². The first-order chi connectivity index (χ1) is 15.5. The van der Waals surface area contributed by atoms with Crippen LogP contribution in [0.2, 0.25) is 0 Å². The number of anilines is 1. The molecule has 5 heterocycles. The first kappa shape index (κ1) is 20.4. The molecule has 0 radical (unpaired) electrons. The maximum atomic E-state index is 13.0. The van der Waals surface area contributed by atoms with Crippen LogP contribution in [0, 0.1) is 0 Å². The zero-order valence-corrected chi connectivity index (χ0v) is 18.1. The third-order valence-electron chi connectivity index (χ3n) is 5.76. The molecule has 10 heteroatoms. The van der Waals surface area contributed by atoms with Gasteiger partial charge in [-0.1, -0.05) is 0 Å². The Balaban J connectivity index is 1.63. The molecule has 4 aromatic rings. The predicted octanol–water partition coefficient (Wildman–Crippen LogP) is 1.86. The van der Waals surface area contributed by atoms with Gasteiger partial charge in [-0.15, -0.1) is 0 Å². The lowest BCUT2D eigenvalue weighted by molar-refractivity contribution is 0.0879. The Bertz CT molecular complexity index is 1310. The summed E-state index contributed by atoms with van der Waals surface area (Å²) in [6, 6.07) is 5.60. The minimum absolute atomic E-state index is 0.207. The summed E-state index contributed by atoms with van der Waals surface area (Å²) in [5.41, 5.74) is 4.05. The predicted molar refractivity (Wildman–Crippen MR) is 120 cm³/mol. The molecule has 10 nitrogen and oxygen atoms in total. The summed E-state index contributed by atoms with van der Waals surface area (Å²) in [6.07, 6.45) is 4.58. The zero-order valence-electron chi connectivity index (χ0n) is 18.1. The number of pyridine rings is 1. The van der Waals surface area contributed by atoms with Crippen LogP contribution in [0.4, 0.5) is 5.69 Å². The molecule has 2 unspecified atom stereocenters. The highest BCUT2D eigenvalue weighted by atomic mass is 16.5. The van der Waals surface area contributed by atoms with Crippen LogP contribution in [0.25, 0.3) is 27.9 Å². The number of carbonyl (C=O) groups excluding carboxylic acids is 1. The zero-order chi connectivity index (χ0) is 22.4. The van der Waals surface area contributed by atoms with E-state index < -0.39 is 12.1 Å². The fraction of sp³-hybridized carbons (Fsp3) is 0.364. The van der Waals surface area contributed by atoms with Crippen molar-refractivity contribution in [3.05, 3.63) is 42.5 Å². The van der Waals surface area contributed by atoms with E-state index in [1.165, 1.54) is 10.7 Å². The third-order valence-corrected chi connectivity index (χ3v) is 5.76. The van der Waals surface area contributed by atoms with Crippen molar-refractivity contribution < 1.29 is 14.6 Å². The fourth-order valence-corrected chi connectivity index (χ4v) is 4.04. The highest BCUT2D eigenvalue weighted by Crippen LogP contribution is 2.32. The van der Waals surface area contributed by atoms with E-state index in [1.54, 1.807) is 13.2 Å². The number of nitrogens with one attached hydrogen (secondary N) is 2. The number of hydrogen-bond acceptors (Lipinski definition) is 7. The van der Waals surface area contributed by atoms with Crippen LogP contribution < -0.4 is 10.6 Å². The number of aromatic nitrogens is 5. The number of nitrogens with zero attached hydrogens (tertiary/aromatic N) is 5. The Morgan fingerprint density at radius 3 is 2.84 bits per heavy atom. The highest BCUT2D eigenvalue weighted by molar-refractivity contribution is 5.96. The molecule has 1 amide bonds. The minimum Gasteiger partial charge on any atom is -0.388 e. The SMILES string of the molecule is CNc1cc(-c2cn(C(C)C)c3ncccc23)nn2c(C(=O)NC3COCC3O)cnc12. The van der Waals surface area contributed by atoms with E-state index in [2.05, 4.69) is 39.0 Å². The summed E-state index contributed by atoms with van der Waals surface area (Å²) in [7, 11) is 1.80. The smallest absolute Gasteiger partial charge is 0.272 e. The number of carbonyl (C=O) groups is 1. The van der Waals surface area contributed by atoms with Gasteiger partial charge in [-0.3, -0.25) is 4.79 Å². The molecule has 1 aliphatic heterocycles. The lowest BCUT2D eigenvalue weighted by Crippen LogP contribution is -2.42. The number of amides is 1. The van der Waals surface area contributed by atoms with Crippen molar-refractivity contribution in [1.29, 1.82) is 0 Å². The van der Waals surface area contributed by atoms with Crippen molar-refractivity contribution in [1.82, 2.24) is 29.5 Å². The second kappa shape index (κ2) is 7.88. The van der Waals surface area contributed by atoms with Crippen molar-refractivity contribution >= 4 is 28.3 Å². The van der Waals surface area contributed by atoms with Crippen LogP contribution in [0.5, 0.6) is 0 Å². The molecule has 4 aromatic heterocycles. The maximum absolute atomic E-state index is 13.0. The van der Waals surface area contributed by atoms with Crippen LogP contribution in [0.1, 0.15) is 30.4 Å². The molecule has 1 aliphatic rings. The summed E-state index contributed by atoms with van der Waals surface area (Å²) in [6.45, 7) is 4.68. The van der Waals surface area contributed by atoms with Crippen molar-refractivity contribution in [2.24, 2.45) is 0 Å². The molecule has 0 saturated carbocycles. The van der Waals surface area contributed by atoms with Crippen molar-refractivity contribution in [2.45, 2.75) is 32.0 Å². The van der Waals surface area contributed by atoms with E-state index in [0.717, 1.165) is 22.3 Å². The van der Waals surface area contributed by atoms with E-state index in [0.29, 0.717) is 11.3 Å². The molecule has 0 spiro atoms. The largest absolute Gasteiger partial charge is 0.388 e. The number of hydrogen-bond donors (Lipinski definition) is 3. The maximum Gasteiger partial charge on any atom is 0.272 e. The molecule has 1 saturated heterocycles. The van der Waals surface area contributed by atoms with Crippen LogP contribution >= 0.6 is 0 Å². The Kier molecular flexibility index (Phi) is 5.03. The van der Waals surface area contributed by atoms with E-state index in [9.17, 15) is 9.90 Å². The second-order valence-electron chi connectivity index (χ2n) is 8.18. The van der Waals surface area contributed by atoms with E-state index in [-0.39, 0.29) is 30.9 Å². The molecule has 5 rings (SSSR count). The molecule has 0 bridgehead atoms. The lowest BCUT2D eigenvalue weighted by atomic mass is 10.1. The first-order valence-electron chi connectivity index (χ1n) is 10.6. The summed E-state index contributed by atoms with van der Waals surface area (Å²) in [5, 5.41) is 21.7. The van der Waals surface area contributed by atoms with Crippen LogP contribution in [-0.2, 0) is 4.74 Å². The molecule has 3 N–H and O–H groups in total. The Hall–Kier alpha value is -3.50. The van der Waals surface area contributed by atoms with Gasteiger partial charge in [0.2, 0.25) is 0 Å². The van der Waals surface area contributed by atoms with Crippen molar-refractivity contribution in [3.8, 4) is 11.3 Å². The highest BCUT2D eigenvalue weighted by Gasteiger charge is 2.29. The average molecular weight is 435 g/mol. The summed E-state index contributed by atoms with van der Waals surface area (Å²) in [5.74, 6) is -0.370. The van der Waals surface area contributed by atoms with Gasteiger partial charge in [-0.05, 0) is 32.0 Å². The first-order valence-corrected chi connectivity index (χ1v) is 10.6. The van der Waals surface area contributed by atoms with Gasteiger partial charge in [-0.2, -0.15) is 5.10 Å². The van der Waals surface area contributed by atoms with Crippen LogP contribution in [-0.4, -0.2) is 67.6 Å². The van der Waals surface area contributed by atoms with Gasteiger partial charge in [0.15, 0.2) is 11.3 Å². The second-order valence-corrected chi connectivity index (χ2v) is 8.18. The number of aliphatic hydroxyl groups excluding tert-OH is 1. The van der Waals surface area contributed by atoms with Gasteiger partial charge in [0.25, 0.3) is 5.91 Å². The lowest BCUT2D eigenvalue weighted by Gasteiger charge is -2.14. The van der Waals surface area contributed by atoms with Crippen molar-refractivity contribution in [3.63, 3.8) is 0 Å². The topological polar surface area (TPSA) is 119 Å². The fourth-order valence-electron chi connectivity index (χ4n) is 4.04. The molecule has 166 valence electrons. The van der Waals surface area contributed by atoms with Crippen LogP contribution in [0.15, 0.2) is 36.8 Å². The number of fused-ring (bicyclic) bond motifs is 2. The van der Waals surface area contributed by atoms with Gasteiger partial charge in [0.1, 0.15) is 5.65 Å². The number of imidazole rings is 1. The molecule has 1 fully saturated rings. The standard InChI is InChI=1S/C22H25N7O3/c1-12(2)28-9-14(13-5-4-6-24-20(13)28)15-7-16(23-3)21-25-8-18(29(21)27-15)22(31)26-17-10-32-11-19(17)30/h4-9,12,17,19,23,30H,10-11H2,1-3H3,(H,26,31). The average Bonchev–Trinajstić information content (AvgIpc) is 3.50. The summed E-state index contributed by atoms with van der Waals surface area (Å²) >= 11 is 0. The summed E-state index contributed by atoms with van der Waals surface area (Å²) in [4.78, 5) is 21.9. The number of rotatable bonds is 5. The van der Waals surface area contributed by atoms with Gasteiger partial charge in [0, 0.05) is 36.4 Å². The molecule has 0 aliphatic carbocycles. The van der Waals surface area contributed by atoms with Gasteiger partial charge < -0.3 is 25.0 Å².